The number of allylic oxidation sites excluding steroid dienone is 2. The third-order valence-electron chi connectivity index (χ3n) is 2.74. The Morgan fingerprint density at radius 1 is 1.36 bits per heavy atom. The molecule has 0 radical (unpaired) electrons. The van der Waals surface area contributed by atoms with Crippen molar-refractivity contribution in [2.75, 3.05) is 7.11 Å². The Kier molecular flexibility index (Phi) is 5.35. The molecule has 2 heteroatoms. The van der Waals surface area contributed by atoms with Crippen LogP contribution in [0.15, 0.2) is 11.6 Å². The third-order valence-corrected chi connectivity index (χ3v) is 2.74. The lowest BCUT2D eigenvalue weighted by atomic mass is 9.94. The van der Waals surface area contributed by atoms with E-state index in [0.29, 0.717) is 6.42 Å². The average molecular weight is 196 g/mol. The summed E-state index contributed by atoms with van der Waals surface area (Å²) in [4.78, 5) is 10.8. The molecule has 0 aromatic rings. The molecule has 0 aromatic carbocycles. The highest BCUT2D eigenvalue weighted by Crippen LogP contribution is 2.23. The molecule has 80 valence electrons. The van der Waals surface area contributed by atoms with Crippen LogP contribution in [0.4, 0.5) is 0 Å². The van der Waals surface area contributed by atoms with E-state index in [2.05, 4.69) is 10.8 Å². The first-order valence-corrected chi connectivity index (χ1v) is 5.57. The number of rotatable bonds is 4. The van der Waals surface area contributed by atoms with Gasteiger partial charge < -0.3 is 4.74 Å². The summed E-state index contributed by atoms with van der Waals surface area (Å²) in [6.07, 6.45) is 11.5. The van der Waals surface area contributed by atoms with Crippen molar-refractivity contribution in [1.29, 1.82) is 0 Å². The molecule has 14 heavy (non-hydrogen) atoms. The van der Waals surface area contributed by atoms with Crippen LogP contribution in [-0.4, -0.2) is 13.1 Å². The summed E-state index contributed by atoms with van der Waals surface area (Å²) in [7, 11) is 1.45. The van der Waals surface area contributed by atoms with Gasteiger partial charge in [0, 0.05) is 6.42 Å². The number of methoxy groups -OCH3 is 1. The molecule has 1 rings (SSSR count). The lowest BCUT2D eigenvalue weighted by Gasteiger charge is -2.13. The maximum Gasteiger partial charge on any atom is 0.305 e. The van der Waals surface area contributed by atoms with Gasteiger partial charge in [0.15, 0.2) is 0 Å². The number of esters is 1. The van der Waals surface area contributed by atoms with Crippen molar-refractivity contribution in [3.8, 4) is 0 Å². The van der Waals surface area contributed by atoms with Gasteiger partial charge in [-0.05, 0) is 38.5 Å². The Hall–Kier alpha value is -0.790. The van der Waals surface area contributed by atoms with Gasteiger partial charge in [0.1, 0.15) is 0 Å². The minimum absolute atomic E-state index is 0.0907. The maximum absolute atomic E-state index is 10.8. The van der Waals surface area contributed by atoms with E-state index >= 15 is 0 Å². The van der Waals surface area contributed by atoms with Gasteiger partial charge in [0.2, 0.25) is 0 Å². The summed E-state index contributed by atoms with van der Waals surface area (Å²) in [6.45, 7) is 0. The van der Waals surface area contributed by atoms with Gasteiger partial charge in [-0.25, -0.2) is 0 Å². The second kappa shape index (κ2) is 6.63. The SMILES string of the molecule is COC(=O)CCCC=C1CCCCC1. The topological polar surface area (TPSA) is 26.3 Å². The average Bonchev–Trinajstić information content (AvgIpc) is 2.25. The highest BCUT2D eigenvalue weighted by Gasteiger charge is 2.04. The Morgan fingerprint density at radius 3 is 2.71 bits per heavy atom. The summed E-state index contributed by atoms with van der Waals surface area (Å²) in [5.41, 5.74) is 1.60. The maximum atomic E-state index is 10.8. The summed E-state index contributed by atoms with van der Waals surface area (Å²) in [5, 5.41) is 0. The molecule has 1 fully saturated rings. The standard InChI is InChI=1S/C12H20O2/c1-14-12(13)10-6-5-9-11-7-3-2-4-8-11/h9H,2-8,10H2,1H3. The monoisotopic (exact) mass is 196 g/mol. The second-order valence-electron chi connectivity index (χ2n) is 3.89. The fourth-order valence-electron chi connectivity index (χ4n) is 1.86. The van der Waals surface area contributed by atoms with Crippen LogP contribution in [-0.2, 0) is 9.53 Å². The largest absolute Gasteiger partial charge is 0.469 e. The minimum atomic E-state index is -0.0907. The fourth-order valence-corrected chi connectivity index (χ4v) is 1.86. The summed E-state index contributed by atoms with van der Waals surface area (Å²) >= 11 is 0. The Balaban J connectivity index is 2.09. The van der Waals surface area contributed by atoms with Crippen molar-refractivity contribution in [3.05, 3.63) is 11.6 Å². The number of ether oxygens (including phenoxy) is 1. The van der Waals surface area contributed by atoms with E-state index in [1.807, 2.05) is 0 Å². The van der Waals surface area contributed by atoms with Gasteiger partial charge in [0.25, 0.3) is 0 Å². The first-order valence-electron chi connectivity index (χ1n) is 5.57. The molecule has 0 aliphatic heterocycles. The Morgan fingerprint density at radius 2 is 2.07 bits per heavy atom. The van der Waals surface area contributed by atoms with Crippen molar-refractivity contribution in [3.63, 3.8) is 0 Å². The van der Waals surface area contributed by atoms with Gasteiger partial charge in [0.05, 0.1) is 7.11 Å². The van der Waals surface area contributed by atoms with E-state index in [1.54, 1.807) is 5.57 Å². The Labute approximate surface area is 86.3 Å². The predicted molar refractivity (Wildman–Crippen MR) is 57.0 cm³/mol. The molecule has 1 aliphatic rings. The fraction of sp³-hybridized carbons (Fsp3) is 0.750. The first-order chi connectivity index (χ1) is 6.83. The Bertz CT molecular complexity index is 198. The smallest absolute Gasteiger partial charge is 0.305 e. The molecule has 0 amide bonds. The molecular weight excluding hydrogens is 176 g/mol. The van der Waals surface area contributed by atoms with E-state index in [4.69, 9.17) is 0 Å². The molecule has 0 heterocycles. The number of carbonyl (C=O) groups excluding carboxylic acids is 1. The highest BCUT2D eigenvalue weighted by molar-refractivity contribution is 5.69. The quantitative estimate of drug-likeness (QED) is 0.392. The summed E-state index contributed by atoms with van der Waals surface area (Å²) < 4.78 is 4.58. The van der Waals surface area contributed by atoms with Crippen molar-refractivity contribution >= 4 is 5.97 Å². The van der Waals surface area contributed by atoms with Crippen LogP contribution in [0.3, 0.4) is 0 Å². The van der Waals surface area contributed by atoms with Crippen molar-refractivity contribution in [2.24, 2.45) is 0 Å². The van der Waals surface area contributed by atoms with Crippen molar-refractivity contribution in [1.82, 2.24) is 0 Å². The van der Waals surface area contributed by atoms with Gasteiger partial charge >= 0.3 is 5.97 Å². The van der Waals surface area contributed by atoms with Crippen molar-refractivity contribution < 1.29 is 9.53 Å². The zero-order valence-corrected chi connectivity index (χ0v) is 9.05. The zero-order chi connectivity index (χ0) is 10.2. The number of unbranched alkanes of at least 4 members (excludes halogenated alkanes) is 1. The van der Waals surface area contributed by atoms with Gasteiger partial charge in [-0.15, -0.1) is 0 Å². The molecule has 1 saturated carbocycles. The number of hydrogen-bond acceptors (Lipinski definition) is 2. The zero-order valence-electron chi connectivity index (χ0n) is 9.05. The number of carbonyl (C=O) groups is 1. The number of hydrogen-bond donors (Lipinski definition) is 0. The molecule has 0 aromatic heterocycles. The highest BCUT2D eigenvalue weighted by atomic mass is 16.5. The van der Waals surface area contributed by atoms with E-state index < -0.39 is 0 Å². The lowest BCUT2D eigenvalue weighted by molar-refractivity contribution is -0.140. The van der Waals surface area contributed by atoms with Crippen LogP contribution in [0.2, 0.25) is 0 Å². The summed E-state index contributed by atoms with van der Waals surface area (Å²) in [6, 6.07) is 0. The molecule has 0 saturated heterocycles. The molecule has 2 nitrogen and oxygen atoms in total. The van der Waals surface area contributed by atoms with Crippen LogP contribution in [0.1, 0.15) is 51.4 Å². The van der Waals surface area contributed by atoms with E-state index in [-0.39, 0.29) is 5.97 Å². The summed E-state index contributed by atoms with van der Waals surface area (Å²) in [5.74, 6) is -0.0907. The van der Waals surface area contributed by atoms with E-state index in [0.717, 1.165) is 12.8 Å². The second-order valence-corrected chi connectivity index (χ2v) is 3.89. The van der Waals surface area contributed by atoms with Crippen LogP contribution in [0, 0.1) is 0 Å². The van der Waals surface area contributed by atoms with Gasteiger partial charge in [-0.1, -0.05) is 18.1 Å². The van der Waals surface area contributed by atoms with Crippen LogP contribution < -0.4 is 0 Å². The molecular formula is C12H20O2. The predicted octanol–water partition coefficient (Wildman–Crippen LogP) is 3.22. The van der Waals surface area contributed by atoms with E-state index in [1.165, 1.54) is 39.2 Å². The first kappa shape index (κ1) is 11.3. The molecule has 0 unspecified atom stereocenters. The van der Waals surface area contributed by atoms with Gasteiger partial charge in [-0.3, -0.25) is 4.79 Å². The van der Waals surface area contributed by atoms with Gasteiger partial charge in [-0.2, -0.15) is 0 Å². The van der Waals surface area contributed by atoms with Crippen LogP contribution in [0.25, 0.3) is 0 Å². The van der Waals surface area contributed by atoms with Crippen LogP contribution >= 0.6 is 0 Å². The lowest BCUT2D eigenvalue weighted by Crippen LogP contribution is -1.99. The van der Waals surface area contributed by atoms with Crippen LogP contribution in [0.5, 0.6) is 0 Å². The molecule has 0 atom stereocenters. The molecule has 1 aliphatic carbocycles. The third kappa shape index (κ3) is 4.45. The van der Waals surface area contributed by atoms with E-state index in [9.17, 15) is 4.79 Å². The minimum Gasteiger partial charge on any atom is -0.469 e. The molecule has 0 N–H and O–H groups in total. The molecule has 0 spiro atoms. The normalized spacial score (nSPS) is 16.5. The molecule has 0 bridgehead atoms. The van der Waals surface area contributed by atoms with Crippen molar-refractivity contribution in [2.45, 2.75) is 51.4 Å².